The summed E-state index contributed by atoms with van der Waals surface area (Å²) in [4.78, 5) is 254. The smallest absolute Gasteiger partial charge is 0.335 e. The lowest BCUT2D eigenvalue weighted by atomic mass is 9.87. The van der Waals surface area contributed by atoms with Crippen LogP contribution in [0.15, 0.2) is 0 Å². The molecule has 8 atom stereocenters. The van der Waals surface area contributed by atoms with Crippen molar-refractivity contribution in [1.82, 2.24) is 20.0 Å². The van der Waals surface area contributed by atoms with Gasteiger partial charge < -0.3 is 184 Å². The van der Waals surface area contributed by atoms with E-state index in [1.807, 2.05) is 0 Å². The molecule has 1 fully saturated rings. The molecule has 724 valence electrons. The van der Waals surface area contributed by atoms with E-state index in [-0.39, 0.29) is 32.6 Å². The summed E-state index contributed by atoms with van der Waals surface area (Å²) in [6.45, 7) is -1.31. The van der Waals surface area contributed by atoms with E-state index in [0.717, 1.165) is 23.6 Å². The number of rotatable bonds is 43. The molecular formula is C60H99N5O60. The summed E-state index contributed by atoms with van der Waals surface area (Å²) in [5.41, 5.74) is 1.60. The second-order valence-electron chi connectivity index (χ2n) is 22.8. The predicted octanol–water partition coefficient (Wildman–Crippen LogP) is -13.3. The molecule has 0 aromatic rings. The number of carbonyl (C=O) groups is 25. The first-order valence-electron chi connectivity index (χ1n) is 32.1. The standard InChI is InChI=1S/C10H16N2O8.C8H8O9.C6H13NO5.2C5H8O4.C4H9NO2.C4H6O6.2C4H6O5.C3H4O4.C3H6O3.C2H5NO2.C2H4O3/c13-7(14)3-11(4-8(15)16)1-2-12(5-9(17)18)6-10(19)20;9-5(10)1-2(6(11)12)4(8(15)16)17-3(1)7(13)14;8-2-6(3-9,4-10)7-1-5(11)12;1-5(2,3(6)7)4(8)9;1-2-3(4(6)7)5(8)9;1-5(2)3-4(6)7;5-1(3(7)8)2(6)4(9)10;5-3(6)1-9-2-4(7)8;5-2(4(8)9)1-3(6)7;4-2(5)1-3(6)7;1-2(4)3(5)6;2*3-1-2(4)5/h1-6H2,(H,13,14)(H,15,16)(H,17,18)(H,19,20);1-4H,(H,9,10)(H,11,12)(H,13,14)(H,15,16);7-10H,1-4H2,(H,11,12);1-2H3,(H,6,7)(H,8,9);3H,2H2,1H3,(H,6,7)(H,8,9);3H2,1-2H3,(H,6,7);1-2,5-6H,(H,7,8)(H,9,10);1-2H2,(H,5,6)(H,7,8);2,5H,1H2,(H,6,7)(H,8,9);1H2,(H,4,5)(H,6,7);2,4H,1H3,(H,5,6);1,3H2,(H,4,5);3H,1H2,(H,4,5). The monoisotopic (exact) mass is 1850 g/mol. The van der Waals surface area contributed by atoms with E-state index in [1.54, 1.807) is 19.0 Å². The molecule has 0 aromatic carbocycles. The molecule has 0 bridgehead atoms. The van der Waals surface area contributed by atoms with Crippen LogP contribution in [0.2, 0.25) is 0 Å². The molecule has 65 nitrogen and oxygen atoms in total. The van der Waals surface area contributed by atoms with Gasteiger partial charge in [0.05, 0.1) is 77.6 Å². The van der Waals surface area contributed by atoms with E-state index in [1.165, 1.54) is 13.8 Å². The first-order valence-corrected chi connectivity index (χ1v) is 32.1. The molecule has 125 heavy (non-hydrogen) atoms. The second-order valence-corrected chi connectivity index (χ2v) is 22.8. The van der Waals surface area contributed by atoms with Gasteiger partial charge in [0, 0.05) is 13.1 Å². The average molecular weight is 1850 g/mol. The van der Waals surface area contributed by atoms with Gasteiger partial charge in [-0.1, -0.05) is 6.92 Å². The molecule has 0 radical (unpaired) electrons. The van der Waals surface area contributed by atoms with Gasteiger partial charge in [-0.15, -0.1) is 0 Å². The number of carboxylic acid groups (broad SMARTS) is 25. The lowest BCUT2D eigenvalue weighted by Crippen LogP contribution is -2.56. The molecule has 0 amide bonds. The summed E-state index contributed by atoms with van der Waals surface area (Å²) in [5, 5.41) is 273. The van der Waals surface area contributed by atoms with Crippen LogP contribution in [0.25, 0.3) is 0 Å². The fourth-order valence-corrected chi connectivity index (χ4v) is 5.45. The predicted molar refractivity (Wildman–Crippen MR) is 383 cm³/mol. The minimum absolute atomic E-state index is 0.0703. The summed E-state index contributed by atoms with van der Waals surface area (Å²) >= 11 is 0. The molecule has 8 unspecified atom stereocenters. The highest BCUT2D eigenvalue weighted by Gasteiger charge is 2.58. The molecule has 0 spiro atoms. The van der Waals surface area contributed by atoms with Crippen LogP contribution < -0.4 is 11.1 Å². The van der Waals surface area contributed by atoms with E-state index in [0.29, 0.717) is 0 Å². The fraction of sp³-hybridized carbons (Fsp3) is 0.583. The topological polar surface area (TPSA) is 1160 Å². The first kappa shape index (κ1) is 137. The third kappa shape index (κ3) is 92.3. The van der Waals surface area contributed by atoms with Crippen molar-refractivity contribution in [2.45, 2.75) is 89.1 Å². The third-order valence-corrected chi connectivity index (χ3v) is 11.5. The quantitative estimate of drug-likeness (QED) is 0.0252. The molecule has 0 aromatic heterocycles. The van der Waals surface area contributed by atoms with Gasteiger partial charge in [-0.2, -0.15) is 0 Å². The van der Waals surface area contributed by atoms with Gasteiger partial charge in [0.25, 0.3) is 0 Å². The Balaban J connectivity index is -0.000000113. The van der Waals surface area contributed by atoms with Gasteiger partial charge in [-0.05, 0) is 41.3 Å². The van der Waals surface area contributed by atoms with E-state index in [9.17, 15) is 115 Å². The zero-order chi connectivity index (χ0) is 102. The summed E-state index contributed by atoms with van der Waals surface area (Å²) in [6, 6.07) is 0. The number of nitrogens with one attached hydrogen (secondary N) is 1. The molecule has 1 aliphatic heterocycles. The van der Waals surface area contributed by atoms with Crippen molar-refractivity contribution in [2.24, 2.45) is 28.9 Å². The summed E-state index contributed by atoms with van der Waals surface area (Å²) < 4.78 is 8.63. The number of hydrogen-bond donors (Lipinski definition) is 35. The number of hydrogen-bond acceptors (Lipinski definition) is 40. The van der Waals surface area contributed by atoms with Crippen LogP contribution in [0.4, 0.5) is 0 Å². The van der Waals surface area contributed by atoms with Crippen LogP contribution in [0, 0.1) is 23.2 Å². The summed E-state index contributed by atoms with van der Waals surface area (Å²) in [5.74, 6) is -38.7. The molecule has 1 saturated heterocycles. The molecule has 0 aliphatic carbocycles. The Bertz CT molecular complexity index is 3240. The lowest BCUT2D eigenvalue weighted by molar-refractivity contribution is -0.165. The van der Waals surface area contributed by atoms with Crippen LogP contribution in [0.1, 0.15) is 47.0 Å². The van der Waals surface area contributed by atoms with Gasteiger partial charge >= 0.3 is 149 Å². The first-order chi connectivity index (χ1) is 56.6. The van der Waals surface area contributed by atoms with Crippen molar-refractivity contribution < 1.29 is 298 Å². The van der Waals surface area contributed by atoms with Gasteiger partial charge in [-0.3, -0.25) is 96.7 Å². The number of nitrogens with zero attached hydrogens (tertiary/aromatic N) is 3. The molecule has 65 heteroatoms. The zero-order valence-electron chi connectivity index (χ0n) is 65.6. The van der Waals surface area contributed by atoms with Crippen molar-refractivity contribution >= 4 is 149 Å². The number of aliphatic carboxylic acids is 25. The molecular weight excluding hydrogens is 1750 g/mol. The Morgan fingerprint density at radius 3 is 0.776 bits per heavy atom. The highest BCUT2D eigenvalue weighted by atomic mass is 16.6. The maximum Gasteiger partial charge on any atom is 0.335 e. The number of likely N-dealkylation sites (N-methyl/N-ethyl adjacent to an activating group) is 1. The van der Waals surface area contributed by atoms with E-state index >= 15 is 0 Å². The van der Waals surface area contributed by atoms with Crippen molar-refractivity contribution in [2.75, 3.05) is 113 Å². The van der Waals surface area contributed by atoms with Gasteiger partial charge in [0.1, 0.15) is 44.2 Å². The minimum atomic E-state index is -2.27. The number of nitrogens with two attached hydrogens (primary N) is 1. The van der Waals surface area contributed by atoms with Crippen LogP contribution in [-0.2, 0) is 129 Å². The number of ether oxygens (including phenoxy) is 2. The van der Waals surface area contributed by atoms with Gasteiger partial charge in [0.15, 0.2) is 41.9 Å². The van der Waals surface area contributed by atoms with E-state index in [4.69, 9.17) is 173 Å². The van der Waals surface area contributed by atoms with Crippen LogP contribution in [-0.4, -0.2) is 487 Å². The third-order valence-electron chi connectivity index (χ3n) is 11.5. The highest BCUT2D eigenvalue weighted by Crippen LogP contribution is 2.34. The molecule has 1 aliphatic rings. The van der Waals surface area contributed by atoms with E-state index in [2.05, 4.69) is 20.5 Å². The Morgan fingerprint density at radius 1 is 0.392 bits per heavy atom. The van der Waals surface area contributed by atoms with Crippen molar-refractivity contribution in [3.05, 3.63) is 0 Å². The molecule has 1 rings (SSSR count). The zero-order valence-corrected chi connectivity index (χ0v) is 65.6. The number of carboxylic acids is 25. The highest BCUT2D eigenvalue weighted by molar-refractivity contribution is 5.97. The Morgan fingerprint density at radius 2 is 0.672 bits per heavy atom. The van der Waals surface area contributed by atoms with Crippen molar-refractivity contribution in [3.8, 4) is 0 Å². The summed E-state index contributed by atoms with van der Waals surface area (Å²) in [7, 11) is 3.43. The van der Waals surface area contributed by atoms with Crippen LogP contribution >= 0.6 is 0 Å². The van der Waals surface area contributed by atoms with Crippen LogP contribution in [0.5, 0.6) is 0 Å². The van der Waals surface area contributed by atoms with Gasteiger partial charge in [0.2, 0.25) is 0 Å². The Hall–Kier alpha value is -13.8. The molecule has 1 heterocycles. The second kappa shape index (κ2) is 77.5. The summed E-state index contributed by atoms with van der Waals surface area (Å²) in [6.07, 6.45) is -13.0. The lowest BCUT2D eigenvalue weighted by Gasteiger charge is -2.27. The molecule has 36 N–H and O–H groups in total. The SMILES string of the molecule is CC(C)(C(=O)O)C(=O)O.CC(O)C(=O)O.CCC(C(=O)O)C(=O)O.CN(C)CC(=O)O.NCC(=O)O.O=C(O)C(O)C(O)C(=O)O.O=C(O)C1OC(C(=O)O)C(C(=O)O)C1C(=O)O.O=C(O)CC(=O)O.O=C(O)CC(O)C(=O)O.O=C(O)CN(CCN(CC(=O)O)CC(=O)O)CC(=O)O.O=C(O)CNC(CO)(CO)CO.O=C(O)CO.O=C(O)COCC(=O)O. The largest absolute Gasteiger partial charge is 0.481 e. The van der Waals surface area contributed by atoms with Crippen LogP contribution in [0.3, 0.4) is 0 Å². The fourth-order valence-electron chi connectivity index (χ4n) is 5.45. The Kier molecular flexibility index (Phi) is 85.0. The van der Waals surface area contributed by atoms with Gasteiger partial charge in [-0.25, -0.2) is 43.2 Å². The van der Waals surface area contributed by atoms with Crippen molar-refractivity contribution in [1.29, 1.82) is 0 Å². The maximum atomic E-state index is 10.8. The Labute approximate surface area is 696 Å². The number of aliphatic hydroxyl groups excluding tert-OH is 8. The maximum absolute atomic E-state index is 10.8. The number of aliphatic hydroxyl groups is 8. The minimum Gasteiger partial charge on any atom is -0.481 e. The average Bonchev–Trinajstić information content (AvgIpc) is 1.63. The normalized spacial score (nSPS) is 13.7. The van der Waals surface area contributed by atoms with Crippen molar-refractivity contribution in [3.63, 3.8) is 0 Å². The van der Waals surface area contributed by atoms with E-state index < -0.39 is 300 Å². The molecule has 0 saturated carbocycles.